The van der Waals surface area contributed by atoms with Crippen LogP contribution in [0.25, 0.3) is 11.0 Å². The number of alkyl carbamates (subject to hydrolysis) is 1. The number of nitrogens with zero attached hydrogens (tertiary/aromatic N) is 3. The highest BCUT2D eigenvalue weighted by Gasteiger charge is 2.18. The molecule has 3 rings (SSSR count). The molecule has 0 radical (unpaired) electrons. The second-order valence-corrected chi connectivity index (χ2v) is 8.44. The maximum Gasteiger partial charge on any atom is 0.407 e. The van der Waals surface area contributed by atoms with E-state index in [1.165, 1.54) is 6.42 Å². The molecule has 0 aliphatic carbocycles. The summed E-state index contributed by atoms with van der Waals surface area (Å²) in [7, 11) is 1.59. The number of aromatic nitrogens is 3. The molecule has 0 aliphatic rings. The van der Waals surface area contributed by atoms with Gasteiger partial charge in [0, 0.05) is 48.5 Å². The Bertz CT molecular complexity index is 1080. The Labute approximate surface area is 213 Å². The van der Waals surface area contributed by atoms with Gasteiger partial charge in [-0.1, -0.05) is 33.3 Å². The molecule has 1 unspecified atom stereocenters. The third-order valence-electron chi connectivity index (χ3n) is 5.37. The van der Waals surface area contributed by atoms with Crippen molar-refractivity contribution in [2.75, 3.05) is 25.1 Å². The van der Waals surface area contributed by atoms with E-state index in [9.17, 15) is 9.59 Å². The van der Waals surface area contributed by atoms with Crippen molar-refractivity contribution in [2.45, 2.75) is 65.9 Å². The van der Waals surface area contributed by atoms with Crippen molar-refractivity contribution in [3.8, 4) is 5.75 Å². The minimum absolute atomic E-state index is 0.0305. The molecule has 0 bridgehead atoms. The van der Waals surface area contributed by atoms with Gasteiger partial charge < -0.3 is 19.7 Å². The number of fused-ring (bicyclic) bond motifs is 1. The van der Waals surface area contributed by atoms with Gasteiger partial charge >= 0.3 is 6.09 Å². The van der Waals surface area contributed by atoms with Gasteiger partial charge in [0.05, 0.1) is 7.11 Å². The molecule has 2 heterocycles. The summed E-state index contributed by atoms with van der Waals surface area (Å²) in [6.07, 6.45) is 4.52. The lowest BCUT2D eigenvalue weighted by atomic mass is 10.1. The number of nitrogens with one attached hydrogen (secondary N) is 2. The Kier molecular flexibility index (Phi) is 12.2. The number of rotatable bonds is 11. The molecule has 9 heteroatoms. The predicted octanol–water partition coefficient (Wildman–Crippen LogP) is 5.26. The number of hydrogen-bond donors (Lipinski definition) is 2. The molecule has 2 aromatic heterocycles. The first-order valence-electron chi connectivity index (χ1n) is 12.6. The molecule has 0 saturated heterocycles. The number of H-pyrrole nitrogens is 1. The SMILES string of the molecule is CCC.CCC(C)OC(=O)NCCCN(C(=O)CCc1[nH]nc2ncccc12)c1cccc(OC)c1. The van der Waals surface area contributed by atoms with Gasteiger partial charge in [-0.15, -0.1) is 0 Å². The Morgan fingerprint density at radius 3 is 2.67 bits per heavy atom. The smallest absolute Gasteiger partial charge is 0.407 e. The van der Waals surface area contributed by atoms with Crippen LogP contribution in [0.4, 0.5) is 10.5 Å². The van der Waals surface area contributed by atoms with Gasteiger partial charge in [-0.2, -0.15) is 5.10 Å². The lowest BCUT2D eigenvalue weighted by molar-refractivity contribution is -0.118. The quantitative estimate of drug-likeness (QED) is 0.350. The van der Waals surface area contributed by atoms with Crippen molar-refractivity contribution < 1.29 is 19.1 Å². The largest absolute Gasteiger partial charge is 0.497 e. The number of carbonyl (C=O) groups excluding carboxylic acids is 2. The van der Waals surface area contributed by atoms with Crippen molar-refractivity contribution in [1.82, 2.24) is 20.5 Å². The Hall–Kier alpha value is -3.62. The van der Waals surface area contributed by atoms with Crippen LogP contribution in [0.15, 0.2) is 42.6 Å². The van der Waals surface area contributed by atoms with Crippen LogP contribution in [0.1, 0.15) is 59.1 Å². The fraction of sp³-hybridized carbons (Fsp3) is 0.481. The van der Waals surface area contributed by atoms with Crippen molar-refractivity contribution in [2.24, 2.45) is 0 Å². The van der Waals surface area contributed by atoms with Gasteiger partial charge in [0.25, 0.3) is 0 Å². The Morgan fingerprint density at radius 1 is 1.17 bits per heavy atom. The predicted molar refractivity (Wildman–Crippen MR) is 142 cm³/mol. The van der Waals surface area contributed by atoms with Crippen molar-refractivity contribution in [1.29, 1.82) is 0 Å². The summed E-state index contributed by atoms with van der Waals surface area (Å²) in [4.78, 5) is 31.0. The zero-order valence-electron chi connectivity index (χ0n) is 22.0. The van der Waals surface area contributed by atoms with Crippen molar-refractivity contribution in [3.63, 3.8) is 0 Å². The minimum Gasteiger partial charge on any atom is -0.497 e. The summed E-state index contributed by atoms with van der Waals surface area (Å²) in [5.74, 6) is 0.642. The first-order valence-corrected chi connectivity index (χ1v) is 12.6. The van der Waals surface area contributed by atoms with Crippen LogP contribution in [0, 0.1) is 0 Å². The lowest BCUT2D eigenvalue weighted by Crippen LogP contribution is -2.35. The number of aryl methyl sites for hydroxylation is 1. The number of carbonyl (C=O) groups is 2. The molecule has 0 saturated carbocycles. The van der Waals surface area contributed by atoms with E-state index in [0.717, 1.165) is 23.2 Å². The summed E-state index contributed by atoms with van der Waals surface area (Å²) in [6, 6.07) is 11.2. The van der Waals surface area contributed by atoms with Crippen LogP contribution in [0.3, 0.4) is 0 Å². The zero-order valence-corrected chi connectivity index (χ0v) is 22.0. The molecule has 36 heavy (non-hydrogen) atoms. The maximum atomic E-state index is 13.2. The van der Waals surface area contributed by atoms with Crippen LogP contribution in [0.5, 0.6) is 5.75 Å². The van der Waals surface area contributed by atoms with E-state index in [2.05, 4.69) is 34.3 Å². The molecular weight excluding hydrogens is 458 g/mol. The molecule has 0 aliphatic heterocycles. The summed E-state index contributed by atoms with van der Waals surface area (Å²) >= 11 is 0. The number of anilines is 1. The number of methoxy groups -OCH3 is 1. The van der Waals surface area contributed by atoms with Gasteiger partial charge in [0.15, 0.2) is 5.65 Å². The van der Waals surface area contributed by atoms with Gasteiger partial charge in [0.2, 0.25) is 5.91 Å². The summed E-state index contributed by atoms with van der Waals surface area (Å²) in [6.45, 7) is 8.90. The molecule has 1 atom stereocenters. The van der Waals surface area contributed by atoms with Crippen LogP contribution in [-0.2, 0) is 16.0 Å². The van der Waals surface area contributed by atoms with Crippen molar-refractivity contribution in [3.05, 3.63) is 48.3 Å². The highest BCUT2D eigenvalue weighted by atomic mass is 16.6. The van der Waals surface area contributed by atoms with E-state index in [4.69, 9.17) is 9.47 Å². The average molecular weight is 498 g/mol. The van der Waals surface area contributed by atoms with E-state index in [-0.39, 0.29) is 12.0 Å². The fourth-order valence-corrected chi connectivity index (χ4v) is 3.37. The molecule has 0 spiro atoms. The summed E-state index contributed by atoms with van der Waals surface area (Å²) in [5.41, 5.74) is 2.27. The summed E-state index contributed by atoms with van der Waals surface area (Å²) in [5, 5.41) is 10.8. The summed E-state index contributed by atoms with van der Waals surface area (Å²) < 4.78 is 10.5. The van der Waals surface area contributed by atoms with Crippen LogP contribution >= 0.6 is 0 Å². The number of pyridine rings is 1. The molecule has 196 valence electrons. The number of aromatic amines is 1. The Balaban J connectivity index is 0.00000145. The average Bonchev–Trinajstić information content (AvgIpc) is 3.30. The van der Waals surface area contributed by atoms with E-state index in [1.807, 2.05) is 50.2 Å². The van der Waals surface area contributed by atoms with Gasteiger partial charge in [0.1, 0.15) is 11.9 Å². The number of benzene rings is 1. The van der Waals surface area contributed by atoms with E-state index in [0.29, 0.717) is 43.7 Å². The van der Waals surface area contributed by atoms with E-state index < -0.39 is 6.09 Å². The normalized spacial score (nSPS) is 11.2. The topological polar surface area (TPSA) is 109 Å². The van der Waals surface area contributed by atoms with E-state index in [1.54, 1.807) is 18.2 Å². The zero-order chi connectivity index (χ0) is 26.3. The standard InChI is InChI=1S/C24H31N5O4.C3H8/c1-4-17(2)33-24(31)26-14-7-15-29(18-8-5-9-19(16-18)32-3)22(30)12-11-21-20-10-6-13-25-23(20)28-27-21;1-3-2/h5-6,8-10,13,16-17H,4,7,11-12,14-15H2,1-3H3,(H,26,31)(H,25,27,28);3H2,1-2H3. The number of hydrogen-bond acceptors (Lipinski definition) is 6. The van der Waals surface area contributed by atoms with Gasteiger partial charge in [-0.25, -0.2) is 9.78 Å². The number of amides is 2. The van der Waals surface area contributed by atoms with Crippen molar-refractivity contribution >= 4 is 28.7 Å². The molecule has 3 aromatic rings. The highest BCUT2D eigenvalue weighted by molar-refractivity contribution is 5.94. The van der Waals surface area contributed by atoms with Gasteiger partial charge in [-0.3, -0.25) is 9.89 Å². The molecular formula is C27H39N5O4. The van der Waals surface area contributed by atoms with Crippen LogP contribution < -0.4 is 15.0 Å². The third kappa shape index (κ3) is 8.87. The monoisotopic (exact) mass is 497 g/mol. The third-order valence-corrected chi connectivity index (χ3v) is 5.37. The maximum absolute atomic E-state index is 13.2. The fourth-order valence-electron chi connectivity index (χ4n) is 3.37. The Morgan fingerprint density at radius 2 is 1.94 bits per heavy atom. The lowest BCUT2D eigenvalue weighted by Gasteiger charge is -2.23. The van der Waals surface area contributed by atoms with Crippen LogP contribution in [-0.4, -0.2) is 53.5 Å². The first-order chi connectivity index (χ1) is 17.4. The first kappa shape index (κ1) is 28.6. The second kappa shape index (κ2) is 15.4. The van der Waals surface area contributed by atoms with Gasteiger partial charge in [-0.05, 0) is 50.5 Å². The van der Waals surface area contributed by atoms with E-state index >= 15 is 0 Å². The molecule has 9 nitrogen and oxygen atoms in total. The molecule has 0 fully saturated rings. The molecule has 2 amide bonds. The second-order valence-electron chi connectivity index (χ2n) is 8.44. The molecule has 2 N–H and O–H groups in total. The highest BCUT2D eigenvalue weighted by Crippen LogP contribution is 2.23. The van der Waals surface area contributed by atoms with Crippen LogP contribution in [0.2, 0.25) is 0 Å². The minimum atomic E-state index is -0.441. The number of ether oxygens (including phenoxy) is 2. The molecule has 1 aromatic carbocycles.